The quantitative estimate of drug-likeness (QED) is 0.208. The van der Waals surface area contributed by atoms with Gasteiger partial charge in [0.1, 0.15) is 30.0 Å². The molecule has 286 valence electrons. The van der Waals surface area contributed by atoms with Crippen molar-refractivity contribution in [3.63, 3.8) is 0 Å². The van der Waals surface area contributed by atoms with E-state index in [-0.39, 0.29) is 82.7 Å². The summed E-state index contributed by atoms with van der Waals surface area (Å²) in [7, 11) is 1.79. The second kappa shape index (κ2) is 15.0. The topological polar surface area (TPSA) is 121 Å². The molecule has 3 fully saturated rings. The number of fused-ring (bicyclic) bond motifs is 2. The molecule has 2 amide bonds. The second-order valence-electron chi connectivity index (χ2n) is 14.9. The summed E-state index contributed by atoms with van der Waals surface area (Å²) in [6.45, 7) is 10.2. The lowest BCUT2D eigenvalue weighted by Crippen LogP contribution is -2.57. The molecule has 12 nitrogen and oxygen atoms in total. The number of aromatic nitrogens is 2. The zero-order valence-electron chi connectivity index (χ0n) is 30.9. The number of carbonyl (C=O) groups excluding carboxylic acids is 2. The summed E-state index contributed by atoms with van der Waals surface area (Å²) >= 11 is 0. The van der Waals surface area contributed by atoms with E-state index >= 15 is 4.39 Å². The van der Waals surface area contributed by atoms with E-state index in [1.807, 2.05) is 4.90 Å². The van der Waals surface area contributed by atoms with Crippen molar-refractivity contribution in [2.75, 3.05) is 56.3 Å². The van der Waals surface area contributed by atoms with E-state index in [2.05, 4.69) is 31.2 Å². The van der Waals surface area contributed by atoms with Gasteiger partial charge in [0.25, 0.3) is 0 Å². The number of halogens is 2. The summed E-state index contributed by atoms with van der Waals surface area (Å²) in [6, 6.07) is 5.45. The first-order chi connectivity index (χ1) is 25.9. The number of benzene rings is 2. The van der Waals surface area contributed by atoms with E-state index in [4.69, 9.17) is 30.6 Å². The third-order valence-electron chi connectivity index (χ3n) is 11.5. The van der Waals surface area contributed by atoms with Crippen LogP contribution in [0.2, 0.25) is 0 Å². The Bertz CT molecular complexity index is 2000. The molecular weight excluding hydrogens is 698 g/mol. The molecule has 1 N–H and O–H groups in total. The Balaban J connectivity index is 1.28. The number of hydrogen-bond acceptors (Lipinski definition) is 10. The van der Waals surface area contributed by atoms with Crippen LogP contribution in [0.25, 0.3) is 10.8 Å². The number of carbonyl (C=O) groups is 2. The van der Waals surface area contributed by atoms with E-state index in [1.54, 1.807) is 11.9 Å². The molecule has 4 aliphatic heterocycles. The molecule has 3 aromatic rings. The van der Waals surface area contributed by atoms with Crippen LogP contribution in [0.4, 0.5) is 25.1 Å². The van der Waals surface area contributed by atoms with Gasteiger partial charge in [0.05, 0.1) is 23.3 Å². The molecule has 0 aliphatic carbocycles. The predicted molar refractivity (Wildman–Crippen MR) is 199 cm³/mol. The van der Waals surface area contributed by atoms with Gasteiger partial charge in [-0.15, -0.1) is 6.42 Å². The van der Waals surface area contributed by atoms with Gasteiger partial charge in [-0.2, -0.15) is 9.97 Å². The number of terminal acetylenes is 1. The summed E-state index contributed by atoms with van der Waals surface area (Å²) in [5.41, 5.74) is -0.285. The van der Waals surface area contributed by atoms with Crippen molar-refractivity contribution in [2.24, 2.45) is 5.92 Å². The van der Waals surface area contributed by atoms with Gasteiger partial charge in [-0.1, -0.05) is 32.4 Å². The first-order valence-electron chi connectivity index (χ1n) is 18.5. The third-order valence-corrected chi connectivity index (χ3v) is 11.5. The van der Waals surface area contributed by atoms with Crippen molar-refractivity contribution >= 4 is 34.3 Å². The number of nitrogens with zero attached hydrogens (tertiary/aromatic N) is 6. The number of alkyl halides is 1. The zero-order chi connectivity index (χ0) is 38.3. The van der Waals surface area contributed by atoms with E-state index in [1.165, 1.54) is 35.2 Å². The number of likely N-dealkylation sites (N-methyl/N-ethyl adjacent to an activating group) is 1. The molecule has 0 spiro atoms. The van der Waals surface area contributed by atoms with Gasteiger partial charge in [-0.3, -0.25) is 14.6 Å². The Morgan fingerprint density at radius 1 is 1.26 bits per heavy atom. The molecule has 5 heterocycles. The van der Waals surface area contributed by atoms with Crippen LogP contribution in [0.1, 0.15) is 57.2 Å². The van der Waals surface area contributed by atoms with Gasteiger partial charge in [-0.25, -0.2) is 13.6 Å². The highest BCUT2D eigenvalue weighted by atomic mass is 19.1. The van der Waals surface area contributed by atoms with Crippen LogP contribution in [0, 0.1) is 24.1 Å². The molecule has 0 bridgehead atoms. The third kappa shape index (κ3) is 6.79. The van der Waals surface area contributed by atoms with Crippen LogP contribution >= 0.6 is 0 Å². The average Bonchev–Trinajstić information content (AvgIpc) is 3.77. The Morgan fingerprint density at radius 3 is 2.76 bits per heavy atom. The number of likely N-dealkylation sites (tertiary alicyclic amines) is 2. The molecule has 0 radical (unpaired) electrons. The van der Waals surface area contributed by atoms with Crippen LogP contribution in [-0.2, 0) is 16.1 Å². The first-order valence-corrected chi connectivity index (χ1v) is 18.5. The molecule has 0 unspecified atom stereocenters. The van der Waals surface area contributed by atoms with Gasteiger partial charge in [-0.05, 0) is 55.2 Å². The van der Waals surface area contributed by atoms with Crippen molar-refractivity contribution in [2.45, 2.75) is 76.3 Å². The Labute approximate surface area is 313 Å². The van der Waals surface area contributed by atoms with Gasteiger partial charge < -0.3 is 29.1 Å². The molecule has 0 saturated carbocycles. The molecule has 1 aromatic heterocycles. The van der Waals surface area contributed by atoms with Crippen molar-refractivity contribution in [1.29, 1.82) is 0 Å². The first kappa shape index (κ1) is 37.3. The normalized spacial score (nSPS) is 23.4. The fourth-order valence-corrected chi connectivity index (χ4v) is 8.66. The van der Waals surface area contributed by atoms with Crippen molar-refractivity contribution in [3.8, 4) is 29.9 Å². The van der Waals surface area contributed by atoms with Crippen molar-refractivity contribution in [3.05, 3.63) is 54.0 Å². The van der Waals surface area contributed by atoms with Crippen LogP contribution < -0.4 is 19.3 Å². The molecule has 3 atom stereocenters. The van der Waals surface area contributed by atoms with Gasteiger partial charge in [0.15, 0.2) is 11.6 Å². The fourth-order valence-electron chi connectivity index (χ4n) is 8.66. The Kier molecular flexibility index (Phi) is 10.4. The number of anilines is 2. The van der Waals surface area contributed by atoms with Crippen LogP contribution in [0.5, 0.6) is 17.5 Å². The van der Waals surface area contributed by atoms with Crippen LogP contribution in [0.3, 0.4) is 0 Å². The number of ether oxygens (including phenoxy) is 3. The standard InChI is InChI=1S/C40H46F2N6O6/c1-6-30-31(42)11-10-25-17-29(49)18-33(35(25)30)47-22-32-36(54-39(47)51)37(45(5)21-28-9-8-14-46(28)34(50)7-2)44-38(43-32)53-23-40(24(3)4)19-26(41)20-48(40)27-12-15-52-16-13-27/h1,7,10-11,17-18,24,26-28,49H,2,8-9,12-16,19-23H2,3-5H3/t26-,28+,40+/m1/s1. The average molecular weight is 745 g/mol. The summed E-state index contributed by atoms with van der Waals surface area (Å²) in [6.07, 6.45) is 8.66. The monoisotopic (exact) mass is 744 g/mol. The number of amides is 2. The van der Waals surface area contributed by atoms with E-state index in [0.29, 0.717) is 44.7 Å². The highest BCUT2D eigenvalue weighted by Crippen LogP contribution is 2.43. The Hall–Kier alpha value is -5.00. The lowest BCUT2D eigenvalue weighted by molar-refractivity contribution is -0.126. The SMILES string of the molecule is C#Cc1c(F)ccc2cc(O)cc(N3Cc4nc(OC[C@]5(C(C)C)C[C@@H](F)CN5C5CCOCC5)nc(N(C)C[C@@H]5CCCN5C(=O)C=C)c4OC3=O)c12. The number of aromatic hydroxyl groups is 1. The van der Waals surface area contributed by atoms with Gasteiger partial charge in [0.2, 0.25) is 5.91 Å². The molecular formula is C40H46F2N6O6. The summed E-state index contributed by atoms with van der Waals surface area (Å²) in [4.78, 5) is 43.1. The number of phenolic OH excluding ortho intramolecular Hbond substituents is 1. The van der Waals surface area contributed by atoms with Gasteiger partial charge >= 0.3 is 12.1 Å². The smallest absolute Gasteiger partial charge is 0.420 e. The maximum atomic E-state index is 15.4. The van der Waals surface area contributed by atoms with Crippen LogP contribution in [-0.4, -0.2) is 107 Å². The maximum absolute atomic E-state index is 15.4. The summed E-state index contributed by atoms with van der Waals surface area (Å²) in [5, 5.41) is 11.3. The molecule has 54 heavy (non-hydrogen) atoms. The number of rotatable bonds is 10. The Morgan fingerprint density at radius 2 is 2.04 bits per heavy atom. The minimum absolute atomic E-state index is 0.00401. The summed E-state index contributed by atoms with van der Waals surface area (Å²) in [5.74, 6) is 1.79. The van der Waals surface area contributed by atoms with Crippen molar-refractivity contribution in [1.82, 2.24) is 19.8 Å². The number of hydrogen-bond donors (Lipinski definition) is 1. The highest BCUT2D eigenvalue weighted by Gasteiger charge is 2.51. The minimum Gasteiger partial charge on any atom is -0.508 e. The van der Waals surface area contributed by atoms with E-state index in [9.17, 15) is 19.1 Å². The lowest BCUT2D eigenvalue weighted by Gasteiger charge is -2.46. The van der Waals surface area contributed by atoms with Gasteiger partial charge in [0, 0.05) is 69.9 Å². The highest BCUT2D eigenvalue weighted by molar-refractivity contribution is 6.06. The zero-order valence-corrected chi connectivity index (χ0v) is 30.9. The molecule has 3 saturated heterocycles. The number of phenols is 1. The maximum Gasteiger partial charge on any atom is 0.420 e. The molecule has 2 aromatic carbocycles. The molecule has 4 aliphatic rings. The minimum atomic E-state index is -1.03. The predicted octanol–water partition coefficient (Wildman–Crippen LogP) is 5.58. The summed E-state index contributed by atoms with van der Waals surface area (Å²) < 4.78 is 48.4. The van der Waals surface area contributed by atoms with E-state index in [0.717, 1.165) is 25.7 Å². The molecule has 14 heteroatoms. The van der Waals surface area contributed by atoms with E-state index < -0.39 is 23.6 Å². The van der Waals surface area contributed by atoms with Crippen LogP contribution in [0.15, 0.2) is 36.9 Å². The molecule has 7 rings (SSSR count). The lowest BCUT2D eigenvalue weighted by atomic mass is 9.83. The largest absolute Gasteiger partial charge is 0.508 e. The second-order valence-corrected chi connectivity index (χ2v) is 14.9. The fraction of sp³-hybridized carbons (Fsp3) is 0.500. The van der Waals surface area contributed by atoms with Crippen molar-refractivity contribution < 1.29 is 37.7 Å².